The van der Waals surface area contributed by atoms with E-state index in [4.69, 9.17) is 10.5 Å². The van der Waals surface area contributed by atoms with Crippen LogP contribution in [0.15, 0.2) is 22.7 Å². The molecule has 0 atom stereocenters. The molecule has 0 saturated carbocycles. The molecule has 0 unspecified atom stereocenters. The number of aromatic nitrogens is 4. The third-order valence-electron chi connectivity index (χ3n) is 2.22. The van der Waals surface area contributed by atoms with Crippen molar-refractivity contribution in [1.29, 1.82) is 0 Å². The number of anilines is 1. The van der Waals surface area contributed by atoms with E-state index in [-0.39, 0.29) is 0 Å². The normalized spacial score (nSPS) is 10.7. The monoisotopic (exact) mass is 297 g/mol. The highest BCUT2D eigenvalue weighted by atomic mass is 79.9. The fourth-order valence-corrected chi connectivity index (χ4v) is 1.99. The average molecular weight is 298 g/mol. The molecule has 0 radical (unpaired) electrons. The largest absolute Gasteiger partial charge is 0.399 e. The third kappa shape index (κ3) is 2.80. The molecule has 6 nitrogen and oxygen atoms in total. The lowest BCUT2D eigenvalue weighted by molar-refractivity contribution is 0.183. The molecule has 0 aliphatic heterocycles. The van der Waals surface area contributed by atoms with Crippen molar-refractivity contribution in [3.05, 3.63) is 22.7 Å². The number of nitrogen functional groups attached to an aromatic ring is 1. The summed E-state index contributed by atoms with van der Waals surface area (Å²) in [5.74, 6) is 0.676. The number of rotatable bonds is 4. The van der Waals surface area contributed by atoms with Crippen LogP contribution in [0.3, 0.4) is 0 Å². The van der Waals surface area contributed by atoms with Crippen LogP contribution in [-0.2, 0) is 11.3 Å². The van der Waals surface area contributed by atoms with Crippen molar-refractivity contribution in [3.8, 4) is 11.4 Å². The Balaban J connectivity index is 2.35. The minimum atomic E-state index is 0.557. The summed E-state index contributed by atoms with van der Waals surface area (Å²) in [4.78, 5) is 0. The number of nitrogens with two attached hydrogens (primary N) is 1. The summed E-state index contributed by atoms with van der Waals surface area (Å²) in [6.45, 7) is 1.16. The van der Waals surface area contributed by atoms with E-state index in [9.17, 15) is 0 Å². The van der Waals surface area contributed by atoms with Gasteiger partial charge >= 0.3 is 0 Å². The second kappa shape index (κ2) is 5.24. The minimum Gasteiger partial charge on any atom is -0.399 e. The van der Waals surface area contributed by atoms with Gasteiger partial charge in [0.05, 0.1) is 13.2 Å². The molecule has 0 aliphatic carbocycles. The van der Waals surface area contributed by atoms with Crippen LogP contribution >= 0.6 is 15.9 Å². The summed E-state index contributed by atoms with van der Waals surface area (Å²) in [6, 6.07) is 5.58. The van der Waals surface area contributed by atoms with E-state index >= 15 is 0 Å². The van der Waals surface area contributed by atoms with Crippen molar-refractivity contribution in [3.63, 3.8) is 0 Å². The first-order valence-corrected chi connectivity index (χ1v) is 5.81. The first kappa shape index (κ1) is 12.0. The summed E-state index contributed by atoms with van der Waals surface area (Å²) in [6.07, 6.45) is 0. The molecule has 0 bridgehead atoms. The zero-order chi connectivity index (χ0) is 12.3. The van der Waals surface area contributed by atoms with Crippen LogP contribution in [-0.4, -0.2) is 33.9 Å². The Morgan fingerprint density at radius 3 is 2.94 bits per heavy atom. The molecule has 1 heterocycles. The van der Waals surface area contributed by atoms with Crippen LogP contribution in [0.4, 0.5) is 5.69 Å². The number of ether oxygens (including phenoxy) is 1. The van der Waals surface area contributed by atoms with Crippen LogP contribution in [0.1, 0.15) is 0 Å². The SMILES string of the molecule is COCCn1nnnc1-c1cc(N)cc(Br)c1. The van der Waals surface area contributed by atoms with Crippen LogP contribution in [0.5, 0.6) is 0 Å². The lowest BCUT2D eigenvalue weighted by Gasteiger charge is -2.05. The smallest absolute Gasteiger partial charge is 0.182 e. The number of tetrazole rings is 1. The van der Waals surface area contributed by atoms with E-state index in [1.165, 1.54) is 0 Å². The van der Waals surface area contributed by atoms with Gasteiger partial charge in [-0.05, 0) is 28.6 Å². The van der Waals surface area contributed by atoms with Crippen LogP contribution in [0.2, 0.25) is 0 Å². The van der Waals surface area contributed by atoms with Gasteiger partial charge in [-0.1, -0.05) is 15.9 Å². The number of hydrogen-bond donors (Lipinski definition) is 1. The molecule has 7 heteroatoms. The number of hydrogen-bond acceptors (Lipinski definition) is 5. The van der Waals surface area contributed by atoms with E-state index in [0.29, 0.717) is 24.7 Å². The Bertz CT molecular complexity index is 493. The highest BCUT2D eigenvalue weighted by Gasteiger charge is 2.09. The van der Waals surface area contributed by atoms with Crippen molar-refractivity contribution < 1.29 is 4.74 Å². The van der Waals surface area contributed by atoms with E-state index in [0.717, 1.165) is 10.0 Å². The summed E-state index contributed by atoms with van der Waals surface area (Å²) in [5, 5.41) is 11.6. The second-order valence-corrected chi connectivity index (χ2v) is 4.41. The van der Waals surface area contributed by atoms with Crippen molar-refractivity contribution in [2.45, 2.75) is 6.54 Å². The maximum Gasteiger partial charge on any atom is 0.182 e. The first-order chi connectivity index (χ1) is 8.20. The number of benzene rings is 1. The predicted octanol–water partition coefficient (Wildman–Crippen LogP) is 1.33. The molecule has 2 aromatic rings. The molecule has 1 aromatic carbocycles. The van der Waals surface area contributed by atoms with Gasteiger partial charge in [0.2, 0.25) is 0 Å². The standard InChI is InChI=1S/C10H12BrN5O/c1-17-3-2-16-10(13-14-15-16)7-4-8(11)6-9(12)5-7/h4-6H,2-3,12H2,1H3. The number of methoxy groups -OCH3 is 1. The van der Waals surface area contributed by atoms with Gasteiger partial charge in [-0.3, -0.25) is 0 Å². The molecule has 0 saturated heterocycles. The molecule has 0 amide bonds. The Morgan fingerprint density at radius 2 is 2.24 bits per heavy atom. The van der Waals surface area contributed by atoms with Crippen LogP contribution in [0.25, 0.3) is 11.4 Å². The lowest BCUT2D eigenvalue weighted by atomic mass is 10.2. The van der Waals surface area contributed by atoms with Gasteiger partial charge in [-0.15, -0.1) is 5.10 Å². The minimum absolute atomic E-state index is 0.557. The lowest BCUT2D eigenvalue weighted by Crippen LogP contribution is -2.08. The van der Waals surface area contributed by atoms with Gasteiger partial charge in [-0.25, -0.2) is 4.68 Å². The highest BCUT2D eigenvalue weighted by molar-refractivity contribution is 9.10. The third-order valence-corrected chi connectivity index (χ3v) is 2.68. The van der Waals surface area contributed by atoms with Gasteiger partial charge in [0.25, 0.3) is 0 Å². The van der Waals surface area contributed by atoms with Crippen molar-refractivity contribution >= 4 is 21.6 Å². The highest BCUT2D eigenvalue weighted by Crippen LogP contribution is 2.24. The quantitative estimate of drug-likeness (QED) is 0.862. The predicted molar refractivity (Wildman–Crippen MR) is 67.2 cm³/mol. The van der Waals surface area contributed by atoms with E-state index in [2.05, 4.69) is 31.5 Å². The van der Waals surface area contributed by atoms with Crippen molar-refractivity contribution in [2.75, 3.05) is 19.5 Å². The van der Waals surface area contributed by atoms with Crippen LogP contribution < -0.4 is 5.73 Å². The molecule has 90 valence electrons. The van der Waals surface area contributed by atoms with Gasteiger partial charge in [0.15, 0.2) is 5.82 Å². The molecule has 2 N–H and O–H groups in total. The van der Waals surface area contributed by atoms with E-state index in [1.54, 1.807) is 11.8 Å². The van der Waals surface area contributed by atoms with Gasteiger partial charge in [0, 0.05) is 22.8 Å². The number of nitrogens with zero attached hydrogens (tertiary/aromatic N) is 4. The van der Waals surface area contributed by atoms with Crippen molar-refractivity contribution in [2.24, 2.45) is 0 Å². The molecule has 17 heavy (non-hydrogen) atoms. The summed E-state index contributed by atoms with van der Waals surface area (Å²) in [7, 11) is 1.64. The Labute approximate surface area is 107 Å². The maximum absolute atomic E-state index is 5.78. The average Bonchev–Trinajstić information content (AvgIpc) is 2.73. The summed E-state index contributed by atoms with van der Waals surface area (Å²) in [5.41, 5.74) is 7.32. The summed E-state index contributed by atoms with van der Waals surface area (Å²) >= 11 is 3.39. The Kier molecular flexibility index (Phi) is 3.70. The maximum atomic E-state index is 5.78. The van der Waals surface area contributed by atoms with E-state index < -0.39 is 0 Å². The first-order valence-electron chi connectivity index (χ1n) is 5.02. The van der Waals surface area contributed by atoms with E-state index in [1.807, 2.05) is 18.2 Å². The van der Waals surface area contributed by atoms with Gasteiger partial charge < -0.3 is 10.5 Å². The molecular formula is C10H12BrN5O. The molecule has 0 fully saturated rings. The second-order valence-electron chi connectivity index (χ2n) is 3.49. The van der Waals surface area contributed by atoms with Gasteiger partial charge in [-0.2, -0.15) is 0 Å². The number of halogens is 1. The molecule has 0 spiro atoms. The Morgan fingerprint density at radius 1 is 1.41 bits per heavy atom. The molecular weight excluding hydrogens is 286 g/mol. The summed E-state index contributed by atoms with van der Waals surface area (Å²) < 4.78 is 7.59. The molecule has 0 aliphatic rings. The van der Waals surface area contributed by atoms with Crippen molar-refractivity contribution in [1.82, 2.24) is 20.2 Å². The Hall–Kier alpha value is -1.47. The zero-order valence-electron chi connectivity index (χ0n) is 9.30. The molecule has 2 rings (SSSR count). The van der Waals surface area contributed by atoms with Crippen LogP contribution in [0, 0.1) is 0 Å². The fraction of sp³-hybridized carbons (Fsp3) is 0.300. The van der Waals surface area contributed by atoms with Gasteiger partial charge in [0.1, 0.15) is 0 Å². The molecule has 1 aromatic heterocycles. The fourth-order valence-electron chi connectivity index (χ4n) is 1.48. The topological polar surface area (TPSA) is 78.8 Å². The zero-order valence-corrected chi connectivity index (χ0v) is 10.9.